The first kappa shape index (κ1) is 19.6. The minimum absolute atomic E-state index is 0.0696. The van der Waals surface area contributed by atoms with Crippen LogP contribution in [0.2, 0.25) is 0 Å². The number of thiocarbonyl (C=S) groups is 1. The highest BCUT2D eigenvalue weighted by Crippen LogP contribution is 2.34. The largest absolute Gasteiger partial charge is 0.497 e. The molecular weight excluding hydrogens is 386 g/mol. The molecule has 2 aromatic carbocycles. The van der Waals surface area contributed by atoms with Gasteiger partial charge in [-0.25, -0.2) is 0 Å². The number of benzene rings is 2. The highest BCUT2D eigenvalue weighted by Gasteiger charge is 2.13. The van der Waals surface area contributed by atoms with Crippen LogP contribution in [0.4, 0.5) is 14.5 Å². The smallest absolute Gasteiger partial charge is 0.387 e. The number of rotatable bonds is 7. The van der Waals surface area contributed by atoms with E-state index in [0.717, 1.165) is 5.76 Å². The van der Waals surface area contributed by atoms with Crippen LogP contribution in [0.15, 0.2) is 65.3 Å². The molecule has 0 spiro atoms. The summed E-state index contributed by atoms with van der Waals surface area (Å²) in [5.74, 6) is 1.47. The van der Waals surface area contributed by atoms with Crippen LogP contribution in [-0.4, -0.2) is 18.8 Å². The first-order valence-corrected chi connectivity index (χ1v) is 8.76. The molecule has 0 atom stereocenters. The topological polar surface area (TPSA) is 55.7 Å². The van der Waals surface area contributed by atoms with Crippen molar-refractivity contribution in [2.45, 2.75) is 13.2 Å². The molecule has 0 unspecified atom stereocenters. The van der Waals surface area contributed by atoms with E-state index in [4.69, 9.17) is 21.4 Å². The molecule has 0 aliphatic heterocycles. The zero-order valence-corrected chi connectivity index (χ0v) is 15.8. The third-order valence-corrected chi connectivity index (χ3v) is 4.10. The van der Waals surface area contributed by atoms with Crippen molar-refractivity contribution in [1.29, 1.82) is 0 Å². The summed E-state index contributed by atoms with van der Waals surface area (Å²) < 4.78 is 40.6. The number of hydrogen-bond acceptors (Lipinski definition) is 4. The van der Waals surface area contributed by atoms with E-state index >= 15 is 0 Å². The molecule has 3 aromatic rings. The summed E-state index contributed by atoms with van der Waals surface area (Å²) in [5.41, 5.74) is 1.83. The molecule has 28 heavy (non-hydrogen) atoms. The van der Waals surface area contributed by atoms with Gasteiger partial charge in [-0.3, -0.25) is 0 Å². The molecule has 3 rings (SSSR count). The molecule has 0 fully saturated rings. The summed E-state index contributed by atoms with van der Waals surface area (Å²) in [6, 6.07) is 15.4. The lowest BCUT2D eigenvalue weighted by atomic mass is 10.0. The van der Waals surface area contributed by atoms with E-state index in [1.807, 2.05) is 6.07 Å². The first-order chi connectivity index (χ1) is 13.5. The number of furan rings is 1. The zero-order chi connectivity index (χ0) is 19.9. The summed E-state index contributed by atoms with van der Waals surface area (Å²) >= 11 is 5.27. The Hall–Kier alpha value is -3.13. The summed E-state index contributed by atoms with van der Waals surface area (Å²) in [6.07, 6.45) is 1.58. The maximum atomic E-state index is 12.8. The van der Waals surface area contributed by atoms with Crippen molar-refractivity contribution in [2.75, 3.05) is 12.4 Å². The maximum absolute atomic E-state index is 12.8. The van der Waals surface area contributed by atoms with Gasteiger partial charge in [-0.15, -0.1) is 0 Å². The lowest BCUT2D eigenvalue weighted by Gasteiger charge is -2.15. The van der Waals surface area contributed by atoms with Crippen molar-refractivity contribution < 1.29 is 22.7 Å². The maximum Gasteiger partial charge on any atom is 0.387 e. The van der Waals surface area contributed by atoms with Gasteiger partial charge >= 0.3 is 6.61 Å². The number of alkyl halides is 2. The van der Waals surface area contributed by atoms with Crippen LogP contribution in [0, 0.1) is 0 Å². The van der Waals surface area contributed by atoms with E-state index in [2.05, 4.69) is 15.4 Å². The molecule has 1 aromatic heterocycles. The van der Waals surface area contributed by atoms with Crippen LogP contribution >= 0.6 is 12.2 Å². The van der Waals surface area contributed by atoms with Gasteiger partial charge in [0, 0.05) is 11.3 Å². The van der Waals surface area contributed by atoms with Crippen molar-refractivity contribution in [1.82, 2.24) is 5.32 Å². The van der Waals surface area contributed by atoms with Crippen molar-refractivity contribution in [2.24, 2.45) is 0 Å². The van der Waals surface area contributed by atoms with Gasteiger partial charge in [0.2, 0.25) is 0 Å². The van der Waals surface area contributed by atoms with E-state index in [0.29, 0.717) is 34.2 Å². The van der Waals surface area contributed by atoms with Crippen molar-refractivity contribution in [3.63, 3.8) is 0 Å². The van der Waals surface area contributed by atoms with Crippen molar-refractivity contribution >= 4 is 23.0 Å². The Morgan fingerprint density at radius 3 is 2.57 bits per heavy atom. The van der Waals surface area contributed by atoms with E-state index in [9.17, 15) is 8.78 Å². The lowest BCUT2D eigenvalue weighted by molar-refractivity contribution is -0.0494. The Labute approximate surface area is 166 Å². The van der Waals surface area contributed by atoms with Crippen LogP contribution in [0.5, 0.6) is 11.5 Å². The molecule has 0 aliphatic carbocycles. The SMILES string of the molecule is COc1ccc(-c2cc(NC(=S)NCc3ccco3)ccc2OC(F)F)cc1. The van der Waals surface area contributed by atoms with Gasteiger partial charge in [-0.05, 0) is 60.2 Å². The van der Waals surface area contributed by atoms with E-state index < -0.39 is 6.61 Å². The van der Waals surface area contributed by atoms with Gasteiger partial charge in [0.1, 0.15) is 17.3 Å². The average Bonchev–Trinajstić information content (AvgIpc) is 3.21. The molecule has 0 saturated carbocycles. The Morgan fingerprint density at radius 1 is 1.14 bits per heavy atom. The monoisotopic (exact) mass is 404 g/mol. The minimum Gasteiger partial charge on any atom is -0.497 e. The fraction of sp³-hybridized carbons (Fsp3) is 0.150. The predicted molar refractivity (Wildman–Crippen MR) is 107 cm³/mol. The van der Waals surface area contributed by atoms with Crippen LogP contribution in [-0.2, 0) is 6.54 Å². The fourth-order valence-corrected chi connectivity index (χ4v) is 2.75. The van der Waals surface area contributed by atoms with Crippen molar-refractivity contribution in [3.8, 4) is 22.6 Å². The van der Waals surface area contributed by atoms with Gasteiger partial charge in [-0.1, -0.05) is 12.1 Å². The third kappa shape index (κ3) is 5.20. The Bertz CT molecular complexity index is 916. The molecule has 0 bridgehead atoms. The highest BCUT2D eigenvalue weighted by molar-refractivity contribution is 7.80. The number of halogens is 2. The van der Waals surface area contributed by atoms with Crippen molar-refractivity contribution in [3.05, 3.63) is 66.6 Å². The Balaban J connectivity index is 1.79. The number of anilines is 1. The van der Waals surface area contributed by atoms with Gasteiger partial charge < -0.3 is 24.5 Å². The summed E-state index contributed by atoms with van der Waals surface area (Å²) in [4.78, 5) is 0. The molecular formula is C20H18F2N2O3S. The average molecular weight is 404 g/mol. The molecule has 5 nitrogen and oxygen atoms in total. The molecule has 8 heteroatoms. The van der Waals surface area contributed by atoms with E-state index in [1.165, 1.54) is 6.07 Å². The fourth-order valence-electron chi connectivity index (χ4n) is 2.56. The second-order valence-corrected chi connectivity index (χ2v) is 6.11. The van der Waals surface area contributed by atoms with E-state index in [1.54, 1.807) is 55.8 Å². The van der Waals surface area contributed by atoms with Crippen LogP contribution < -0.4 is 20.1 Å². The molecule has 1 heterocycles. The van der Waals surface area contributed by atoms with Gasteiger partial charge in [0.25, 0.3) is 0 Å². The first-order valence-electron chi connectivity index (χ1n) is 8.35. The van der Waals surface area contributed by atoms with Gasteiger partial charge in [0.05, 0.1) is 19.9 Å². The summed E-state index contributed by atoms with van der Waals surface area (Å²) in [6.45, 7) is -2.50. The molecule has 0 saturated heterocycles. The predicted octanol–water partition coefficient (Wildman–Crippen LogP) is 5.04. The lowest BCUT2D eigenvalue weighted by Crippen LogP contribution is -2.27. The number of nitrogens with one attached hydrogen (secondary N) is 2. The Morgan fingerprint density at radius 2 is 1.93 bits per heavy atom. The third-order valence-electron chi connectivity index (χ3n) is 3.86. The highest BCUT2D eigenvalue weighted by atomic mass is 32.1. The molecule has 0 amide bonds. The standard InChI is InChI=1S/C20H18F2N2O3S/c1-25-15-7-4-13(5-8-15)17-11-14(6-9-18(17)27-19(21)22)24-20(28)23-12-16-3-2-10-26-16/h2-11,19H,12H2,1H3,(H2,23,24,28). The quantitative estimate of drug-likeness (QED) is 0.538. The molecule has 2 N–H and O–H groups in total. The minimum atomic E-state index is -2.92. The molecule has 0 radical (unpaired) electrons. The van der Waals surface area contributed by atoms with Crippen LogP contribution in [0.25, 0.3) is 11.1 Å². The number of hydrogen-bond donors (Lipinski definition) is 2. The Kier molecular flexibility index (Phi) is 6.44. The van der Waals surface area contributed by atoms with Gasteiger partial charge in [-0.2, -0.15) is 8.78 Å². The van der Waals surface area contributed by atoms with Crippen LogP contribution in [0.3, 0.4) is 0 Å². The molecule has 146 valence electrons. The number of methoxy groups -OCH3 is 1. The summed E-state index contributed by atoms with van der Waals surface area (Å²) in [7, 11) is 1.56. The normalized spacial score (nSPS) is 10.6. The van der Waals surface area contributed by atoms with E-state index in [-0.39, 0.29) is 5.75 Å². The van der Waals surface area contributed by atoms with Crippen LogP contribution in [0.1, 0.15) is 5.76 Å². The second kappa shape index (κ2) is 9.18. The zero-order valence-electron chi connectivity index (χ0n) is 14.9. The second-order valence-electron chi connectivity index (χ2n) is 5.70. The molecule has 0 aliphatic rings. The van der Waals surface area contributed by atoms with Gasteiger partial charge in [0.15, 0.2) is 5.11 Å². The number of ether oxygens (including phenoxy) is 2. The summed E-state index contributed by atoms with van der Waals surface area (Å²) in [5, 5.41) is 6.42.